The Hall–Kier alpha value is -2.49. The van der Waals surface area contributed by atoms with Crippen LogP contribution >= 0.6 is 0 Å². The molecule has 4 nitrogen and oxygen atoms in total. The molecule has 2 aromatic rings. The van der Waals surface area contributed by atoms with E-state index in [1.807, 2.05) is 6.92 Å². The Morgan fingerprint density at radius 3 is 2.22 bits per heavy atom. The zero-order valence-electron chi connectivity index (χ0n) is 21.4. The van der Waals surface area contributed by atoms with Crippen molar-refractivity contribution in [2.24, 2.45) is 5.41 Å². The van der Waals surface area contributed by atoms with Gasteiger partial charge in [0, 0.05) is 17.5 Å². The fraction of sp³-hybridized carbons (Fsp3) is 0.536. The van der Waals surface area contributed by atoms with Crippen LogP contribution in [-0.2, 0) is 4.79 Å². The minimum Gasteiger partial charge on any atom is -0.496 e. The maximum absolute atomic E-state index is 12.9. The second-order valence-corrected chi connectivity index (χ2v) is 11.1. The Labute approximate surface area is 193 Å². The maximum Gasteiger partial charge on any atom is 0.225 e. The molecule has 1 aliphatic heterocycles. The van der Waals surface area contributed by atoms with Crippen molar-refractivity contribution in [3.63, 3.8) is 0 Å². The van der Waals surface area contributed by atoms with Crippen molar-refractivity contribution < 1.29 is 14.3 Å². The summed E-state index contributed by atoms with van der Waals surface area (Å²) in [5.74, 6) is 2.08. The summed E-state index contributed by atoms with van der Waals surface area (Å²) in [6, 6.07) is 8.84. The fourth-order valence-electron chi connectivity index (χ4n) is 4.88. The molecule has 1 unspecified atom stereocenters. The largest absolute Gasteiger partial charge is 0.496 e. The Morgan fingerprint density at radius 2 is 1.72 bits per heavy atom. The van der Waals surface area contributed by atoms with Crippen molar-refractivity contribution in [3.05, 3.63) is 52.1 Å². The number of rotatable bonds is 5. The summed E-state index contributed by atoms with van der Waals surface area (Å²) >= 11 is 0. The highest BCUT2D eigenvalue weighted by atomic mass is 16.5. The lowest BCUT2D eigenvalue weighted by molar-refractivity contribution is -0.117. The highest BCUT2D eigenvalue weighted by Gasteiger charge is 2.46. The third-order valence-electron chi connectivity index (χ3n) is 6.38. The number of hydrogen-bond donors (Lipinski definition) is 1. The zero-order chi connectivity index (χ0) is 24.0. The van der Waals surface area contributed by atoms with Crippen molar-refractivity contribution in [2.75, 3.05) is 12.4 Å². The lowest BCUT2D eigenvalue weighted by Gasteiger charge is -2.27. The highest BCUT2D eigenvalue weighted by Crippen LogP contribution is 2.56. The van der Waals surface area contributed by atoms with E-state index in [-0.39, 0.29) is 17.2 Å². The molecule has 0 fully saturated rings. The summed E-state index contributed by atoms with van der Waals surface area (Å²) < 4.78 is 12.4. The van der Waals surface area contributed by atoms with Crippen LogP contribution in [0.1, 0.15) is 94.5 Å². The first-order valence-corrected chi connectivity index (χ1v) is 11.6. The number of ether oxygens (including phenoxy) is 2. The van der Waals surface area contributed by atoms with Crippen LogP contribution in [0.15, 0.2) is 24.3 Å². The molecule has 2 aromatic carbocycles. The topological polar surface area (TPSA) is 47.6 Å². The summed E-state index contributed by atoms with van der Waals surface area (Å²) in [6.07, 6.45) is 0.431. The molecule has 1 heterocycles. The average Bonchev–Trinajstić information content (AvgIpc) is 2.95. The number of carbonyl (C=O) groups is 1. The summed E-state index contributed by atoms with van der Waals surface area (Å²) in [6.45, 7) is 18.9. The monoisotopic (exact) mass is 437 g/mol. The zero-order valence-corrected chi connectivity index (χ0v) is 21.4. The van der Waals surface area contributed by atoms with Gasteiger partial charge in [-0.05, 0) is 55.7 Å². The minimum atomic E-state index is -0.464. The molecular formula is C28H39NO3. The molecule has 32 heavy (non-hydrogen) atoms. The van der Waals surface area contributed by atoms with E-state index in [1.165, 1.54) is 11.1 Å². The van der Waals surface area contributed by atoms with E-state index < -0.39 is 5.60 Å². The van der Waals surface area contributed by atoms with Gasteiger partial charge >= 0.3 is 0 Å². The van der Waals surface area contributed by atoms with Crippen molar-refractivity contribution in [1.82, 2.24) is 0 Å². The van der Waals surface area contributed by atoms with Crippen LogP contribution < -0.4 is 14.8 Å². The van der Waals surface area contributed by atoms with Gasteiger partial charge in [-0.15, -0.1) is 0 Å². The number of hydrogen-bond acceptors (Lipinski definition) is 3. The normalized spacial score (nSPS) is 17.2. The molecule has 4 heteroatoms. The van der Waals surface area contributed by atoms with Gasteiger partial charge in [0.1, 0.15) is 17.1 Å². The molecule has 0 saturated carbocycles. The summed E-state index contributed by atoms with van der Waals surface area (Å²) in [5.41, 5.74) is 5.76. The average molecular weight is 438 g/mol. The highest BCUT2D eigenvalue weighted by molar-refractivity contribution is 5.95. The molecule has 1 atom stereocenters. The van der Waals surface area contributed by atoms with Gasteiger partial charge in [-0.2, -0.15) is 0 Å². The quantitative estimate of drug-likeness (QED) is 0.542. The number of carbonyl (C=O) groups excluding carboxylic acids is 1. The van der Waals surface area contributed by atoms with Gasteiger partial charge in [-0.25, -0.2) is 0 Å². The summed E-state index contributed by atoms with van der Waals surface area (Å²) in [7, 11) is 1.69. The Bertz CT molecular complexity index is 1010. The fourth-order valence-corrected chi connectivity index (χ4v) is 4.88. The number of benzene rings is 2. The van der Waals surface area contributed by atoms with Crippen LogP contribution in [0.3, 0.4) is 0 Å². The van der Waals surface area contributed by atoms with Crippen LogP contribution in [0.5, 0.6) is 11.5 Å². The molecule has 0 spiro atoms. The van der Waals surface area contributed by atoms with E-state index in [9.17, 15) is 4.79 Å². The maximum atomic E-state index is 12.9. The van der Waals surface area contributed by atoms with E-state index in [2.05, 4.69) is 85.0 Å². The molecule has 0 radical (unpaired) electrons. The predicted molar refractivity (Wildman–Crippen MR) is 132 cm³/mol. The second-order valence-electron chi connectivity index (χ2n) is 11.1. The Kier molecular flexibility index (Phi) is 6.38. The van der Waals surface area contributed by atoms with E-state index in [0.29, 0.717) is 12.3 Å². The van der Waals surface area contributed by atoms with E-state index in [4.69, 9.17) is 9.47 Å². The summed E-state index contributed by atoms with van der Waals surface area (Å²) in [4.78, 5) is 12.9. The Balaban J connectivity index is 2.17. The third-order valence-corrected chi connectivity index (χ3v) is 6.38. The molecule has 1 N–H and O–H groups in total. The molecule has 1 amide bonds. The number of nitrogens with one attached hydrogen (secondary N) is 1. The van der Waals surface area contributed by atoms with E-state index in [0.717, 1.165) is 33.9 Å². The van der Waals surface area contributed by atoms with Crippen LogP contribution in [0, 0.1) is 19.3 Å². The van der Waals surface area contributed by atoms with Crippen LogP contribution in [0.25, 0.3) is 0 Å². The smallest absolute Gasteiger partial charge is 0.225 e. The van der Waals surface area contributed by atoms with Gasteiger partial charge in [-0.3, -0.25) is 4.79 Å². The van der Waals surface area contributed by atoms with Gasteiger partial charge in [0.2, 0.25) is 5.91 Å². The van der Waals surface area contributed by atoms with Crippen molar-refractivity contribution in [1.29, 1.82) is 0 Å². The van der Waals surface area contributed by atoms with Gasteiger partial charge in [-0.1, -0.05) is 58.9 Å². The molecular weight excluding hydrogens is 398 g/mol. The van der Waals surface area contributed by atoms with Crippen LogP contribution in [0.2, 0.25) is 0 Å². The van der Waals surface area contributed by atoms with Crippen molar-refractivity contribution >= 4 is 11.6 Å². The number of anilines is 1. The Morgan fingerprint density at radius 1 is 1.12 bits per heavy atom. The predicted octanol–water partition coefficient (Wildman–Crippen LogP) is 7.11. The molecule has 3 rings (SSSR count). The van der Waals surface area contributed by atoms with Crippen molar-refractivity contribution in [2.45, 2.75) is 86.2 Å². The molecule has 0 aromatic heterocycles. The standard InChI is InChI=1S/C28H39NO3/c1-16(2)19-11-13-20(14-12-19)23-22-17(3)25(31-10)18(4)24(26(22)32-28(23,8)9)29-21(30)15-27(5,6)7/h11-14,16,23H,15H2,1-10H3,(H,29,30). The first-order chi connectivity index (χ1) is 14.8. The minimum absolute atomic E-state index is 0.0140. The number of fused-ring (bicyclic) bond motifs is 1. The van der Waals surface area contributed by atoms with Gasteiger partial charge in [0.15, 0.2) is 0 Å². The van der Waals surface area contributed by atoms with Gasteiger partial charge in [0.25, 0.3) is 0 Å². The first-order valence-electron chi connectivity index (χ1n) is 11.6. The van der Waals surface area contributed by atoms with Gasteiger partial charge in [0.05, 0.1) is 18.7 Å². The van der Waals surface area contributed by atoms with E-state index in [1.54, 1.807) is 7.11 Å². The molecule has 1 aliphatic rings. The third kappa shape index (κ3) is 4.51. The lowest BCUT2D eigenvalue weighted by atomic mass is 9.78. The number of amides is 1. The molecule has 0 bridgehead atoms. The van der Waals surface area contributed by atoms with Crippen molar-refractivity contribution in [3.8, 4) is 11.5 Å². The summed E-state index contributed by atoms with van der Waals surface area (Å²) in [5, 5.41) is 3.16. The number of methoxy groups -OCH3 is 1. The van der Waals surface area contributed by atoms with Gasteiger partial charge < -0.3 is 14.8 Å². The lowest BCUT2D eigenvalue weighted by Crippen LogP contribution is -2.31. The second kappa shape index (κ2) is 8.46. The van der Waals surface area contributed by atoms with Crippen LogP contribution in [-0.4, -0.2) is 18.6 Å². The molecule has 174 valence electrons. The SMILES string of the molecule is COc1c(C)c(NC(=O)CC(C)(C)C)c2c(c1C)C(c1ccc(C(C)C)cc1)C(C)(C)O2. The molecule has 0 aliphatic carbocycles. The van der Waals surface area contributed by atoms with E-state index >= 15 is 0 Å². The first kappa shape index (κ1) is 24.2. The molecule has 0 saturated heterocycles. The van der Waals surface area contributed by atoms with Crippen LogP contribution in [0.4, 0.5) is 5.69 Å².